The van der Waals surface area contributed by atoms with Gasteiger partial charge in [-0.3, -0.25) is 0 Å². The summed E-state index contributed by atoms with van der Waals surface area (Å²) in [6, 6.07) is 0. The van der Waals surface area contributed by atoms with Crippen molar-refractivity contribution in [2.45, 2.75) is 38.4 Å². The molecule has 60 valence electrons. The van der Waals surface area contributed by atoms with Crippen LogP contribution in [-0.4, -0.2) is 16.8 Å². The lowest BCUT2D eigenvalue weighted by Crippen LogP contribution is -2.39. The molecule has 2 unspecified atom stereocenters. The third-order valence-corrected chi connectivity index (χ3v) is 5.60. The van der Waals surface area contributed by atoms with E-state index in [0.717, 1.165) is 5.92 Å². The molecule has 0 aromatic carbocycles. The second-order valence-corrected chi connectivity index (χ2v) is 6.99. The van der Waals surface area contributed by atoms with Gasteiger partial charge in [-0.1, -0.05) is 6.92 Å². The molecule has 2 atom stereocenters. The summed E-state index contributed by atoms with van der Waals surface area (Å²) >= 11 is 0. The Morgan fingerprint density at radius 1 is 1.40 bits per heavy atom. The van der Waals surface area contributed by atoms with Crippen LogP contribution in [0.1, 0.15) is 33.6 Å². The third-order valence-electron chi connectivity index (χ3n) is 2.70. The van der Waals surface area contributed by atoms with Crippen LogP contribution in [0.2, 0.25) is 0 Å². The van der Waals surface area contributed by atoms with Gasteiger partial charge >= 0.3 is 0 Å². The molecule has 0 amide bonds. The van der Waals surface area contributed by atoms with Crippen molar-refractivity contribution in [2.24, 2.45) is 5.92 Å². The normalized spacial score (nSPS) is 39.6. The van der Waals surface area contributed by atoms with E-state index < -0.39 is 0 Å². The summed E-state index contributed by atoms with van der Waals surface area (Å²) in [6.45, 7) is 7.23. The molecule has 1 fully saturated rings. The molecule has 0 saturated carbocycles. The van der Waals surface area contributed by atoms with Crippen LogP contribution in [-0.2, 0) is 10.9 Å². The Labute approximate surface area is 67.7 Å². The first-order chi connectivity index (χ1) is 4.52. The second kappa shape index (κ2) is 2.77. The molecule has 0 N–H and O–H groups in total. The molecule has 0 bridgehead atoms. The first kappa shape index (κ1) is 8.45. The van der Waals surface area contributed by atoms with E-state index in [1.54, 1.807) is 0 Å². The molecular weight excluding hydrogens is 140 g/mol. The third kappa shape index (κ3) is 1.69. The zero-order valence-corrected chi connectivity index (χ0v) is 8.42. The highest BCUT2D eigenvalue weighted by Gasteiger charge is 2.39. The Bertz CT molecular complexity index is 118. The number of hydrogen-bond donors (Lipinski definition) is 0. The van der Waals surface area contributed by atoms with E-state index in [2.05, 4.69) is 27.0 Å². The van der Waals surface area contributed by atoms with Gasteiger partial charge in [-0.15, -0.1) is 0 Å². The molecule has 0 aromatic rings. The fourth-order valence-corrected chi connectivity index (χ4v) is 3.62. The van der Waals surface area contributed by atoms with Crippen LogP contribution in [0.4, 0.5) is 0 Å². The molecular formula is C9H19S+. The summed E-state index contributed by atoms with van der Waals surface area (Å²) in [7, 11) is 0.679. The highest BCUT2D eigenvalue weighted by atomic mass is 32.2. The maximum atomic E-state index is 2.42. The van der Waals surface area contributed by atoms with Gasteiger partial charge in [0.25, 0.3) is 0 Å². The quantitative estimate of drug-likeness (QED) is 0.476. The molecule has 1 aliphatic rings. The van der Waals surface area contributed by atoms with Crippen molar-refractivity contribution in [3.63, 3.8) is 0 Å². The van der Waals surface area contributed by atoms with Crippen LogP contribution < -0.4 is 0 Å². The van der Waals surface area contributed by atoms with Crippen LogP contribution >= 0.6 is 0 Å². The Kier molecular flexibility index (Phi) is 2.34. The largest absolute Gasteiger partial charge is 0.122 e. The molecule has 0 radical (unpaired) electrons. The van der Waals surface area contributed by atoms with Gasteiger partial charge in [0.05, 0.1) is 6.26 Å². The van der Waals surface area contributed by atoms with Gasteiger partial charge in [-0.05, 0) is 43.5 Å². The molecule has 10 heavy (non-hydrogen) atoms. The number of hydrogen-bond acceptors (Lipinski definition) is 0. The summed E-state index contributed by atoms with van der Waals surface area (Å²) < 4.78 is 0.637. The van der Waals surface area contributed by atoms with E-state index in [-0.39, 0.29) is 0 Å². The average molecular weight is 159 g/mol. The molecule has 0 nitrogen and oxygen atoms in total. The second-order valence-electron chi connectivity index (χ2n) is 4.20. The zero-order chi connectivity index (χ0) is 7.78. The van der Waals surface area contributed by atoms with E-state index in [1.165, 1.54) is 18.6 Å². The monoisotopic (exact) mass is 159 g/mol. The number of rotatable bonds is 0. The molecule has 1 heterocycles. The fraction of sp³-hybridized carbons (Fsp3) is 1.00. The molecule has 0 aromatic heterocycles. The highest BCUT2D eigenvalue weighted by molar-refractivity contribution is 7.97. The van der Waals surface area contributed by atoms with Crippen LogP contribution in [0.15, 0.2) is 0 Å². The van der Waals surface area contributed by atoms with E-state index in [0.29, 0.717) is 15.6 Å². The summed E-state index contributed by atoms with van der Waals surface area (Å²) in [6.07, 6.45) is 5.32. The lowest BCUT2D eigenvalue weighted by atomic mass is 9.95. The lowest BCUT2D eigenvalue weighted by molar-refractivity contribution is 0.435. The summed E-state index contributed by atoms with van der Waals surface area (Å²) in [5, 5.41) is 0. The summed E-state index contributed by atoms with van der Waals surface area (Å²) in [4.78, 5) is 0. The van der Waals surface area contributed by atoms with Crippen LogP contribution in [0.5, 0.6) is 0 Å². The van der Waals surface area contributed by atoms with Gasteiger partial charge in [0, 0.05) is 0 Å². The molecule has 0 spiro atoms. The maximum absolute atomic E-state index is 2.42. The minimum Gasteiger partial charge on any atom is -0.0621 e. The van der Waals surface area contributed by atoms with Crippen molar-refractivity contribution >= 4 is 10.9 Å². The zero-order valence-electron chi connectivity index (χ0n) is 7.61. The van der Waals surface area contributed by atoms with Gasteiger partial charge < -0.3 is 0 Å². The lowest BCUT2D eigenvalue weighted by Gasteiger charge is -2.31. The Hall–Kier alpha value is 0.350. The minimum absolute atomic E-state index is 0.637. The molecule has 0 aliphatic carbocycles. The standard InChI is InChI=1S/C9H19S/c1-8-5-6-10(4)9(2,3)7-8/h8H,5-7H2,1-4H3/q+1. The Morgan fingerprint density at radius 3 is 2.40 bits per heavy atom. The molecule has 1 aliphatic heterocycles. The van der Waals surface area contributed by atoms with E-state index in [9.17, 15) is 0 Å². The van der Waals surface area contributed by atoms with Gasteiger partial charge in [0.15, 0.2) is 0 Å². The van der Waals surface area contributed by atoms with Crippen molar-refractivity contribution < 1.29 is 0 Å². The maximum Gasteiger partial charge on any atom is 0.122 e. The van der Waals surface area contributed by atoms with E-state index in [1.807, 2.05) is 0 Å². The van der Waals surface area contributed by atoms with Crippen molar-refractivity contribution in [1.29, 1.82) is 0 Å². The first-order valence-corrected chi connectivity index (χ1v) is 5.95. The summed E-state index contributed by atoms with van der Waals surface area (Å²) in [5.74, 6) is 2.44. The predicted octanol–water partition coefficient (Wildman–Crippen LogP) is 2.44. The topological polar surface area (TPSA) is 0 Å². The van der Waals surface area contributed by atoms with Gasteiger partial charge in [0.2, 0.25) is 0 Å². The van der Waals surface area contributed by atoms with Gasteiger partial charge in [-0.2, -0.15) is 0 Å². The van der Waals surface area contributed by atoms with Crippen molar-refractivity contribution in [1.82, 2.24) is 0 Å². The van der Waals surface area contributed by atoms with Gasteiger partial charge in [0.1, 0.15) is 10.5 Å². The summed E-state index contributed by atoms with van der Waals surface area (Å²) in [5.41, 5.74) is 0. The van der Waals surface area contributed by atoms with Crippen LogP contribution in [0, 0.1) is 5.92 Å². The van der Waals surface area contributed by atoms with Crippen molar-refractivity contribution in [3.8, 4) is 0 Å². The molecule has 1 saturated heterocycles. The Morgan fingerprint density at radius 2 is 2.00 bits per heavy atom. The predicted molar refractivity (Wildman–Crippen MR) is 50.6 cm³/mol. The van der Waals surface area contributed by atoms with Crippen LogP contribution in [0.3, 0.4) is 0 Å². The van der Waals surface area contributed by atoms with Crippen molar-refractivity contribution in [3.05, 3.63) is 0 Å². The van der Waals surface area contributed by atoms with Gasteiger partial charge in [-0.25, -0.2) is 0 Å². The smallest absolute Gasteiger partial charge is 0.0621 e. The molecule has 1 heteroatoms. The fourth-order valence-electron chi connectivity index (χ4n) is 1.74. The minimum atomic E-state index is 0.637. The van der Waals surface area contributed by atoms with Crippen LogP contribution in [0.25, 0.3) is 0 Å². The molecule has 1 rings (SSSR count). The Balaban J connectivity index is 2.55. The average Bonchev–Trinajstić information content (AvgIpc) is 1.78. The SMILES string of the molecule is CC1CC[S+](C)C(C)(C)C1. The van der Waals surface area contributed by atoms with Crippen molar-refractivity contribution in [2.75, 3.05) is 12.0 Å². The van der Waals surface area contributed by atoms with E-state index >= 15 is 0 Å². The first-order valence-electron chi connectivity index (χ1n) is 4.15. The highest BCUT2D eigenvalue weighted by Crippen LogP contribution is 2.33. The van der Waals surface area contributed by atoms with E-state index in [4.69, 9.17) is 0 Å².